The number of nitrogens with zero attached hydrogens (tertiary/aromatic N) is 2. The summed E-state index contributed by atoms with van der Waals surface area (Å²) in [5, 5.41) is 6.49. The van der Waals surface area contributed by atoms with Crippen molar-refractivity contribution < 1.29 is 18.0 Å². The van der Waals surface area contributed by atoms with Crippen LogP contribution in [-0.4, -0.2) is 15.7 Å². The second-order valence-electron chi connectivity index (χ2n) is 5.17. The Morgan fingerprint density at radius 2 is 2.21 bits per heavy atom. The molecule has 1 amide bonds. The van der Waals surface area contributed by atoms with Crippen LogP contribution in [0.25, 0.3) is 11.7 Å². The molecule has 24 heavy (non-hydrogen) atoms. The number of aromatic nitrogens is 2. The van der Waals surface area contributed by atoms with Crippen LogP contribution in [0.3, 0.4) is 0 Å². The van der Waals surface area contributed by atoms with Gasteiger partial charge in [-0.15, -0.1) is 5.10 Å². The molecule has 2 aromatic heterocycles. The zero-order chi connectivity index (χ0) is 17.1. The zero-order valence-electron chi connectivity index (χ0n) is 12.8. The number of rotatable bonds is 5. The molecule has 0 spiro atoms. The van der Waals surface area contributed by atoms with Crippen LogP contribution in [0, 0.1) is 12.7 Å². The molecule has 0 aliphatic heterocycles. The second-order valence-corrected chi connectivity index (χ2v) is 5.17. The average molecular weight is 331 g/mol. The fourth-order valence-corrected chi connectivity index (χ4v) is 2.04. The molecule has 0 bridgehead atoms. The quantitative estimate of drug-likeness (QED) is 0.771. The van der Waals surface area contributed by atoms with E-state index in [2.05, 4.69) is 10.4 Å². The first-order chi connectivity index (χ1) is 11.5. The first-order valence-corrected chi connectivity index (χ1v) is 7.16. The minimum Gasteiger partial charge on any atom is -0.459 e. The third-order valence-corrected chi connectivity index (χ3v) is 3.36. The maximum atomic E-state index is 13.5. The fourth-order valence-electron chi connectivity index (χ4n) is 2.04. The zero-order valence-corrected chi connectivity index (χ0v) is 12.8. The highest BCUT2D eigenvalue weighted by atomic mass is 19.1. The normalized spacial score (nSPS) is 10.8. The van der Waals surface area contributed by atoms with E-state index in [1.807, 2.05) is 0 Å². The molecule has 3 rings (SSSR count). The summed E-state index contributed by atoms with van der Waals surface area (Å²) in [5.74, 6) is -1.26. The van der Waals surface area contributed by atoms with Gasteiger partial charge in [-0.25, -0.2) is 9.18 Å². The van der Waals surface area contributed by atoms with Gasteiger partial charge in [-0.1, -0.05) is 12.1 Å². The van der Waals surface area contributed by atoms with Gasteiger partial charge in [-0.2, -0.15) is 4.68 Å². The number of carbonyl (C=O) groups is 1. The summed E-state index contributed by atoms with van der Waals surface area (Å²) in [6.45, 7) is 1.50. The molecular weight excluding hydrogens is 317 g/mol. The van der Waals surface area contributed by atoms with Gasteiger partial charge in [0.2, 0.25) is 5.91 Å². The Labute approximate surface area is 135 Å². The Morgan fingerprint density at radius 3 is 2.92 bits per heavy atom. The van der Waals surface area contributed by atoms with E-state index in [-0.39, 0.29) is 24.8 Å². The minimum absolute atomic E-state index is 0.00148. The third kappa shape index (κ3) is 3.43. The van der Waals surface area contributed by atoms with Crippen molar-refractivity contribution in [3.63, 3.8) is 0 Å². The van der Waals surface area contributed by atoms with E-state index in [1.54, 1.807) is 31.2 Å². The highest BCUT2D eigenvalue weighted by molar-refractivity contribution is 5.75. The molecule has 0 saturated heterocycles. The van der Waals surface area contributed by atoms with Crippen molar-refractivity contribution in [3.05, 3.63) is 64.1 Å². The monoisotopic (exact) mass is 331 g/mol. The predicted molar refractivity (Wildman–Crippen MR) is 81.4 cm³/mol. The van der Waals surface area contributed by atoms with Crippen molar-refractivity contribution in [2.45, 2.75) is 20.0 Å². The molecule has 0 radical (unpaired) electrons. The maximum absolute atomic E-state index is 13.5. The van der Waals surface area contributed by atoms with Crippen molar-refractivity contribution in [2.24, 2.45) is 0 Å². The van der Waals surface area contributed by atoms with Crippen LogP contribution >= 0.6 is 0 Å². The summed E-state index contributed by atoms with van der Waals surface area (Å²) in [4.78, 5) is 23.6. The van der Waals surface area contributed by atoms with E-state index in [1.165, 1.54) is 12.3 Å². The van der Waals surface area contributed by atoms with E-state index in [0.717, 1.165) is 4.68 Å². The van der Waals surface area contributed by atoms with Gasteiger partial charge in [0.25, 0.3) is 5.89 Å². The molecule has 0 fully saturated rings. The van der Waals surface area contributed by atoms with Crippen LogP contribution in [0.2, 0.25) is 0 Å². The summed E-state index contributed by atoms with van der Waals surface area (Å²) in [5.41, 5.74) is 1.15. The minimum atomic E-state index is -0.766. The van der Waals surface area contributed by atoms with Crippen molar-refractivity contribution in [2.75, 3.05) is 0 Å². The predicted octanol–water partition coefficient (Wildman–Crippen LogP) is 1.86. The van der Waals surface area contributed by atoms with Crippen LogP contribution < -0.4 is 11.1 Å². The van der Waals surface area contributed by atoms with Gasteiger partial charge in [0.1, 0.15) is 12.4 Å². The summed E-state index contributed by atoms with van der Waals surface area (Å²) in [6, 6.07) is 7.92. The van der Waals surface area contributed by atoms with Gasteiger partial charge in [-0.05, 0) is 36.2 Å². The van der Waals surface area contributed by atoms with Crippen molar-refractivity contribution in [3.8, 4) is 11.7 Å². The molecule has 0 aliphatic carbocycles. The third-order valence-electron chi connectivity index (χ3n) is 3.36. The molecule has 0 aliphatic rings. The van der Waals surface area contributed by atoms with Crippen LogP contribution in [-0.2, 0) is 17.9 Å². The molecule has 8 heteroatoms. The summed E-state index contributed by atoms with van der Waals surface area (Å²) >= 11 is 0. The lowest BCUT2D eigenvalue weighted by Gasteiger charge is -2.05. The standard InChI is InChI=1S/C16H14FN3O4/c1-10-4-5-11(7-12(10)17)8-18-14(21)9-20-16(22)24-15(19-20)13-3-2-6-23-13/h2-7H,8-9H2,1H3,(H,18,21). The average Bonchev–Trinajstić information content (AvgIpc) is 3.19. The fraction of sp³-hybridized carbons (Fsp3) is 0.188. The number of nitrogens with one attached hydrogen (secondary N) is 1. The van der Waals surface area contributed by atoms with Crippen LogP contribution in [0.4, 0.5) is 4.39 Å². The van der Waals surface area contributed by atoms with Gasteiger partial charge in [-0.3, -0.25) is 4.79 Å². The number of furan rings is 1. The van der Waals surface area contributed by atoms with Crippen molar-refractivity contribution in [1.29, 1.82) is 0 Å². The molecule has 1 N–H and O–H groups in total. The molecule has 3 aromatic rings. The number of benzene rings is 1. The molecule has 124 valence electrons. The van der Waals surface area contributed by atoms with Gasteiger partial charge in [0.15, 0.2) is 5.76 Å². The maximum Gasteiger partial charge on any atom is 0.437 e. The Morgan fingerprint density at radius 1 is 1.38 bits per heavy atom. The Bertz CT molecular complexity index is 912. The van der Waals surface area contributed by atoms with E-state index in [4.69, 9.17) is 8.83 Å². The summed E-state index contributed by atoms with van der Waals surface area (Å²) in [6.07, 6.45) is 1.42. The lowest BCUT2D eigenvalue weighted by Crippen LogP contribution is -2.31. The summed E-state index contributed by atoms with van der Waals surface area (Å²) in [7, 11) is 0. The highest BCUT2D eigenvalue weighted by Gasteiger charge is 2.14. The van der Waals surface area contributed by atoms with E-state index in [0.29, 0.717) is 16.9 Å². The number of carbonyl (C=O) groups excluding carboxylic acids is 1. The molecule has 0 saturated carbocycles. The number of halogens is 1. The SMILES string of the molecule is Cc1ccc(CNC(=O)Cn2nc(-c3ccco3)oc2=O)cc1F. The largest absolute Gasteiger partial charge is 0.459 e. The van der Waals surface area contributed by atoms with E-state index in [9.17, 15) is 14.0 Å². The van der Waals surface area contributed by atoms with Gasteiger partial charge >= 0.3 is 5.76 Å². The molecular formula is C16H14FN3O4. The number of hydrogen-bond donors (Lipinski definition) is 1. The summed E-state index contributed by atoms with van der Waals surface area (Å²) < 4.78 is 24.3. The van der Waals surface area contributed by atoms with Gasteiger partial charge in [0, 0.05) is 6.54 Å². The van der Waals surface area contributed by atoms with Gasteiger partial charge in [0.05, 0.1) is 6.26 Å². The highest BCUT2D eigenvalue weighted by Crippen LogP contribution is 2.14. The molecule has 2 heterocycles. The van der Waals surface area contributed by atoms with Crippen LogP contribution in [0.5, 0.6) is 0 Å². The Hall–Kier alpha value is -3.16. The van der Waals surface area contributed by atoms with E-state index < -0.39 is 11.7 Å². The Kier molecular flexibility index (Phi) is 4.28. The molecule has 0 atom stereocenters. The van der Waals surface area contributed by atoms with E-state index >= 15 is 0 Å². The second kappa shape index (κ2) is 6.53. The van der Waals surface area contributed by atoms with Gasteiger partial charge < -0.3 is 14.2 Å². The smallest absolute Gasteiger partial charge is 0.437 e. The van der Waals surface area contributed by atoms with Crippen LogP contribution in [0.1, 0.15) is 11.1 Å². The number of aryl methyl sites for hydroxylation is 1. The first kappa shape index (κ1) is 15.7. The number of amides is 1. The van der Waals surface area contributed by atoms with Crippen LogP contribution in [0.15, 0.2) is 50.2 Å². The lowest BCUT2D eigenvalue weighted by molar-refractivity contribution is -0.122. The molecule has 1 aromatic carbocycles. The molecule has 0 unspecified atom stereocenters. The first-order valence-electron chi connectivity index (χ1n) is 7.16. The molecule has 7 nitrogen and oxygen atoms in total. The topological polar surface area (TPSA) is 90.3 Å². The number of hydrogen-bond acceptors (Lipinski definition) is 5. The van der Waals surface area contributed by atoms with Crippen molar-refractivity contribution in [1.82, 2.24) is 15.1 Å². The van der Waals surface area contributed by atoms with Crippen molar-refractivity contribution >= 4 is 5.91 Å². The lowest BCUT2D eigenvalue weighted by atomic mass is 10.1. The Balaban J connectivity index is 1.63.